The van der Waals surface area contributed by atoms with Crippen LogP contribution in [0, 0.1) is 6.07 Å². The van der Waals surface area contributed by atoms with Crippen LogP contribution in [0.3, 0.4) is 0 Å². The Bertz CT molecular complexity index is 607. The molecular weight excluding hydrogens is 234 g/mol. The first kappa shape index (κ1) is 11.8. The zero-order valence-corrected chi connectivity index (χ0v) is 9.37. The van der Waals surface area contributed by atoms with Gasteiger partial charge in [0.15, 0.2) is 0 Å². The Hall–Kier alpha value is -2.63. The van der Waals surface area contributed by atoms with Crippen molar-refractivity contribution in [2.24, 2.45) is 0 Å². The Balaban J connectivity index is 2.06. The molecule has 1 aromatic carbocycles. The molecule has 0 saturated carbocycles. The fourth-order valence-corrected chi connectivity index (χ4v) is 1.29. The molecular formula is C12H10N3O3. The molecule has 1 aromatic heterocycles. The minimum Gasteiger partial charge on any atom is -0.444 e. The van der Waals surface area contributed by atoms with Crippen LogP contribution in [0.2, 0.25) is 0 Å². The van der Waals surface area contributed by atoms with Crippen LogP contribution in [0.1, 0.15) is 5.56 Å². The third-order valence-corrected chi connectivity index (χ3v) is 2.17. The van der Waals surface area contributed by atoms with E-state index >= 15 is 0 Å². The maximum atomic E-state index is 11.6. The van der Waals surface area contributed by atoms with Gasteiger partial charge in [0, 0.05) is 12.3 Å². The quantitative estimate of drug-likeness (QED) is 0.844. The van der Waals surface area contributed by atoms with Gasteiger partial charge < -0.3 is 10.5 Å². The summed E-state index contributed by atoms with van der Waals surface area (Å²) in [4.78, 5) is 26.3. The maximum absolute atomic E-state index is 11.6. The number of nitrogens with two attached hydrogens (primary N) is 1. The van der Waals surface area contributed by atoms with Gasteiger partial charge in [-0.1, -0.05) is 30.3 Å². The molecule has 2 N–H and O–H groups in total. The summed E-state index contributed by atoms with van der Waals surface area (Å²) in [5, 5.41) is 0. The molecule has 0 amide bonds. The molecule has 2 aromatic rings. The highest BCUT2D eigenvalue weighted by atomic mass is 16.5. The molecule has 0 spiro atoms. The number of carbonyl (C=O) groups excluding carboxylic acids is 1. The summed E-state index contributed by atoms with van der Waals surface area (Å²) in [7, 11) is 0. The summed E-state index contributed by atoms with van der Waals surface area (Å²) in [6.07, 6.45) is 0.297. The molecule has 0 fully saturated rings. The van der Waals surface area contributed by atoms with Crippen molar-refractivity contribution in [3.8, 4) is 0 Å². The van der Waals surface area contributed by atoms with Crippen molar-refractivity contribution in [1.29, 1.82) is 0 Å². The zero-order valence-electron chi connectivity index (χ0n) is 9.37. The van der Waals surface area contributed by atoms with Crippen LogP contribution >= 0.6 is 0 Å². The number of hydrogen-bond acceptors (Lipinski definition) is 5. The molecule has 0 aliphatic rings. The molecule has 6 heteroatoms. The third kappa shape index (κ3) is 2.73. The molecule has 0 saturated heterocycles. The second-order valence-electron chi connectivity index (χ2n) is 3.46. The minimum atomic E-state index is -0.812. The van der Waals surface area contributed by atoms with Gasteiger partial charge in [-0.05, 0) is 5.56 Å². The van der Waals surface area contributed by atoms with Crippen LogP contribution in [-0.2, 0) is 11.3 Å². The first-order valence-corrected chi connectivity index (χ1v) is 5.15. The lowest BCUT2D eigenvalue weighted by atomic mass is 10.2. The second-order valence-corrected chi connectivity index (χ2v) is 3.46. The highest BCUT2D eigenvalue weighted by molar-refractivity contribution is 5.70. The van der Waals surface area contributed by atoms with Gasteiger partial charge in [0.05, 0.1) is 0 Å². The predicted molar refractivity (Wildman–Crippen MR) is 63.8 cm³/mol. The minimum absolute atomic E-state index is 0.0629. The molecule has 0 atom stereocenters. The lowest BCUT2D eigenvalue weighted by Gasteiger charge is -2.05. The molecule has 2 rings (SSSR count). The van der Waals surface area contributed by atoms with Crippen molar-refractivity contribution in [3.63, 3.8) is 0 Å². The number of anilines is 1. The Labute approximate surface area is 103 Å². The van der Waals surface area contributed by atoms with Crippen LogP contribution in [0.5, 0.6) is 0 Å². The largest absolute Gasteiger partial charge is 0.444 e. The van der Waals surface area contributed by atoms with Gasteiger partial charge >= 0.3 is 11.8 Å². The molecule has 1 radical (unpaired) electrons. The summed E-state index contributed by atoms with van der Waals surface area (Å²) in [6.45, 7) is 0.0799. The number of hydrogen-bond donors (Lipinski definition) is 1. The number of nitrogens with zero attached hydrogens (tertiary/aromatic N) is 2. The van der Waals surface area contributed by atoms with E-state index < -0.39 is 11.8 Å². The lowest BCUT2D eigenvalue weighted by Crippen LogP contribution is -2.29. The highest BCUT2D eigenvalue weighted by Crippen LogP contribution is 2.01. The van der Waals surface area contributed by atoms with Gasteiger partial charge in [0.25, 0.3) is 0 Å². The van der Waals surface area contributed by atoms with Gasteiger partial charge in [-0.3, -0.25) is 0 Å². The van der Waals surface area contributed by atoms with Crippen LogP contribution in [0.4, 0.5) is 10.6 Å². The topological polar surface area (TPSA) is 87.2 Å². The van der Waals surface area contributed by atoms with Gasteiger partial charge in [0.2, 0.25) is 0 Å². The Kier molecular flexibility index (Phi) is 3.38. The van der Waals surface area contributed by atoms with E-state index in [1.807, 2.05) is 30.3 Å². The molecule has 6 nitrogen and oxygen atoms in total. The van der Waals surface area contributed by atoms with Gasteiger partial charge in [-0.15, -0.1) is 0 Å². The fourth-order valence-electron chi connectivity index (χ4n) is 1.29. The van der Waals surface area contributed by atoms with Crippen molar-refractivity contribution in [3.05, 3.63) is 58.6 Å². The van der Waals surface area contributed by atoms with Crippen LogP contribution in [0.25, 0.3) is 0 Å². The van der Waals surface area contributed by atoms with E-state index in [0.717, 1.165) is 11.8 Å². The van der Waals surface area contributed by atoms with Crippen molar-refractivity contribution >= 4 is 11.9 Å². The number of carbonyl (C=O) groups is 1. The van der Waals surface area contributed by atoms with E-state index in [2.05, 4.69) is 11.1 Å². The average Bonchev–Trinajstić information content (AvgIpc) is 2.37. The van der Waals surface area contributed by atoms with Gasteiger partial charge in [-0.25, -0.2) is 14.2 Å². The SMILES string of the molecule is Nc1[c]cn(C(=O)OCc2ccccc2)c(=O)n1. The lowest BCUT2D eigenvalue weighted by molar-refractivity contribution is 0.140. The first-order valence-electron chi connectivity index (χ1n) is 5.15. The molecule has 0 bridgehead atoms. The summed E-state index contributed by atoms with van der Waals surface area (Å²) < 4.78 is 5.67. The molecule has 1 heterocycles. The Morgan fingerprint density at radius 2 is 2.11 bits per heavy atom. The van der Waals surface area contributed by atoms with Crippen molar-refractivity contribution in [2.75, 3.05) is 5.73 Å². The standard InChI is InChI=1S/C12H10N3O3/c13-10-6-7-15(11(16)14-10)12(17)18-8-9-4-2-1-3-5-9/h1-5,7H,8H2,(H2,13,14,16). The highest BCUT2D eigenvalue weighted by Gasteiger charge is 2.09. The van der Waals surface area contributed by atoms with E-state index in [4.69, 9.17) is 10.5 Å². The third-order valence-electron chi connectivity index (χ3n) is 2.17. The predicted octanol–water partition coefficient (Wildman–Crippen LogP) is 0.811. The Morgan fingerprint density at radius 3 is 2.78 bits per heavy atom. The zero-order chi connectivity index (χ0) is 13.0. The maximum Gasteiger partial charge on any atom is 0.422 e. The van der Waals surface area contributed by atoms with E-state index in [9.17, 15) is 9.59 Å². The van der Waals surface area contributed by atoms with E-state index in [0.29, 0.717) is 4.57 Å². The first-order chi connectivity index (χ1) is 8.66. The number of aromatic nitrogens is 2. The number of benzene rings is 1. The van der Waals surface area contributed by atoms with Crippen LogP contribution in [0.15, 0.2) is 41.3 Å². The van der Waals surface area contributed by atoms with E-state index in [1.165, 1.54) is 0 Å². The second kappa shape index (κ2) is 5.13. The van der Waals surface area contributed by atoms with E-state index in [-0.39, 0.29) is 12.4 Å². The van der Waals surface area contributed by atoms with Crippen molar-refractivity contribution in [2.45, 2.75) is 6.61 Å². The molecule has 0 unspecified atom stereocenters. The normalized spacial score (nSPS) is 10.0. The smallest absolute Gasteiger partial charge is 0.422 e. The summed E-state index contributed by atoms with van der Waals surface area (Å²) in [5.41, 5.74) is 5.30. The van der Waals surface area contributed by atoms with Crippen LogP contribution in [-0.4, -0.2) is 15.6 Å². The monoisotopic (exact) mass is 244 g/mol. The fraction of sp³-hybridized carbons (Fsp3) is 0.0833. The molecule has 0 aliphatic heterocycles. The molecule has 0 aliphatic carbocycles. The Morgan fingerprint density at radius 1 is 1.39 bits per heavy atom. The molecule has 18 heavy (non-hydrogen) atoms. The van der Waals surface area contributed by atoms with Crippen LogP contribution < -0.4 is 11.4 Å². The number of nitrogen functional groups attached to an aromatic ring is 1. The average molecular weight is 244 g/mol. The van der Waals surface area contributed by atoms with Crippen molar-refractivity contribution in [1.82, 2.24) is 9.55 Å². The number of rotatable bonds is 2. The van der Waals surface area contributed by atoms with Gasteiger partial charge in [-0.2, -0.15) is 4.98 Å². The van der Waals surface area contributed by atoms with Crippen molar-refractivity contribution < 1.29 is 9.53 Å². The summed E-state index contributed by atoms with van der Waals surface area (Å²) in [6, 6.07) is 11.6. The number of ether oxygens (including phenoxy) is 1. The van der Waals surface area contributed by atoms with E-state index in [1.54, 1.807) is 0 Å². The molecule has 91 valence electrons. The van der Waals surface area contributed by atoms with Gasteiger partial charge in [0.1, 0.15) is 12.4 Å². The summed E-state index contributed by atoms with van der Waals surface area (Å²) >= 11 is 0. The summed E-state index contributed by atoms with van der Waals surface area (Å²) in [5.74, 6) is -0.0629.